The number of rotatable bonds is 4. The van der Waals surface area contributed by atoms with Crippen LogP contribution in [0.4, 0.5) is 10.1 Å². The van der Waals surface area contributed by atoms with Crippen molar-refractivity contribution in [3.63, 3.8) is 0 Å². The molecule has 1 aliphatic rings. The number of anilines is 1. The molecule has 8 heteroatoms. The highest BCUT2D eigenvalue weighted by atomic mass is 35.5. The molecule has 1 fully saturated rings. The molecular formula is C25H16ClFN2O4. The molecule has 0 aliphatic carbocycles. The molecule has 0 saturated carbocycles. The highest BCUT2D eigenvalue weighted by Crippen LogP contribution is 2.42. The average Bonchev–Trinajstić information content (AvgIpc) is 3.09. The Hall–Kier alpha value is -4.15. The molecule has 0 spiro atoms. The minimum atomic E-state index is -1.03. The van der Waals surface area contributed by atoms with E-state index < -0.39 is 29.3 Å². The number of hydrogen-bond donors (Lipinski definition) is 1. The molecule has 3 aromatic carbocycles. The first kappa shape index (κ1) is 22.1. The van der Waals surface area contributed by atoms with Gasteiger partial charge in [0.2, 0.25) is 0 Å². The van der Waals surface area contributed by atoms with Crippen molar-refractivity contribution in [1.82, 2.24) is 0 Å². The summed E-state index contributed by atoms with van der Waals surface area (Å²) in [5.41, 5.74) is 1.18. The third kappa shape index (κ3) is 3.93. The molecule has 4 rings (SSSR count). The number of amides is 1. The third-order valence-corrected chi connectivity index (χ3v) is 5.63. The van der Waals surface area contributed by atoms with E-state index in [1.165, 1.54) is 78.7 Å². The average molecular weight is 463 g/mol. The van der Waals surface area contributed by atoms with Crippen LogP contribution in [0, 0.1) is 17.1 Å². The minimum absolute atomic E-state index is 0.169. The summed E-state index contributed by atoms with van der Waals surface area (Å²) in [5.74, 6) is -2.31. The van der Waals surface area contributed by atoms with Gasteiger partial charge < -0.3 is 9.84 Å². The maximum absolute atomic E-state index is 13.6. The van der Waals surface area contributed by atoms with E-state index in [4.69, 9.17) is 21.6 Å². The van der Waals surface area contributed by atoms with E-state index in [0.717, 1.165) is 0 Å². The van der Waals surface area contributed by atoms with Crippen LogP contribution in [0.2, 0.25) is 5.02 Å². The van der Waals surface area contributed by atoms with Gasteiger partial charge in [-0.25, -0.2) is 4.39 Å². The van der Waals surface area contributed by atoms with Gasteiger partial charge in [-0.15, -0.1) is 0 Å². The first-order valence-electron chi connectivity index (χ1n) is 9.76. The lowest BCUT2D eigenvalue weighted by atomic mass is 9.95. The number of hydrogen-bond acceptors (Lipinski definition) is 5. The number of nitrogens with zero attached hydrogens (tertiary/aromatic N) is 2. The van der Waals surface area contributed by atoms with E-state index in [1.807, 2.05) is 6.07 Å². The highest BCUT2D eigenvalue weighted by molar-refractivity contribution is 6.51. The van der Waals surface area contributed by atoms with Crippen molar-refractivity contribution in [2.45, 2.75) is 6.04 Å². The molecule has 3 aromatic rings. The maximum Gasteiger partial charge on any atom is 0.300 e. The Labute approximate surface area is 193 Å². The van der Waals surface area contributed by atoms with Crippen molar-refractivity contribution in [3.8, 4) is 11.8 Å². The van der Waals surface area contributed by atoms with Gasteiger partial charge in [-0.1, -0.05) is 23.7 Å². The van der Waals surface area contributed by atoms with Gasteiger partial charge >= 0.3 is 0 Å². The van der Waals surface area contributed by atoms with Crippen LogP contribution in [0.25, 0.3) is 5.76 Å². The van der Waals surface area contributed by atoms with E-state index in [2.05, 4.69) is 0 Å². The number of nitriles is 1. The summed E-state index contributed by atoms with van der Waals surface area (Å²) in [6, 6.07) is 16.8. The van der Waals surface area contributed by atoms with E-state index in [-0.39, 0.29) is 16.2 Å². The number of methoxy groups -OCH3 is 1. The largest absolute Gasteiger partial charge is 0.507 e. The van der Waals surface area contributed by atoms with E-state index in [1.54, 1.807) is 0 Å². The molecule has 1 unspecified atom stereocenters. The zero-order chi connectivity index (χ0) is 23.7. The van der Waals surface area contributed by atoms with Gasteiger partial charge in [0.15, 0.2) is 0 Å². The fourth-order valence-electron chi connectivity index (χ4n) is 3.73. The van der Waals surface area contributed by atoms with Gasteiger partial charge in [-0.2, -0.15) is 5.26 Å². The third-order valence-electron chi connectivity index (χ3n) is 5.33. The topological polar surface area (TPSA) is 90.6 Å². The molecule has 1 amide bonds. The quantitative estimate of drug-likeness (QED) is 0.335. The molecule has 33 heavy (non-hydrogen) atoms. The zero-order valence-electron chi connectivity index (χ0n) is 17.3. The van der Waals surface area contributed by atoms with Crippen LogP contribution < -0.4 is 9.64 Å². The number of aliphatic hydroxyl groups is 1. The van der Waals surface area contributed by atoms with Crippen molar-refractivity contribution in [2.75, 3.05) is 12.0 Å². The van der Waals surface area contributed by atoms with Crippen LogP contribution >= 0.6 is 11.6 Å². The molecule has 164 valence electrons. The molecule has 0 radical (unpaired) electrons. The first-order chi connectivity index (χ1) is 15.8. The summed E-state index contributed by atoms with van der Waals surface area (Å²) in [4.78, 5) is 27.4. The zero-order valence-corrected chi connectivity index (χ0v) is 18.0. The van der Waals surface area contributed by atoms with E-state index in [9.17, 15) is 19.1 Å². The highest BCUT2D eigenvalue weighted by Gasteiger charge is 2.47. The summed E-state index contributed by atoms with van der Waals surface area (Å²) in [6.07, 6.45) is 0. The molecule has 6 nitrogen and oxygen atoms in total. The Morgan fingerprint density at radius 1 is 1.09 bits per heavy atom. The fraction of sp³-hybridized carbons (Fsp3) is 0.0800. The van der Waals surface area contributed by atoms with Gasteiger partial charge in [-0.3, -0.25) is 14.5 Å². The molecule has 0 aromatic heterocycles. The van der Waals surface area contributed by atoms with Crippen molar-refractivity contribution >= 4 is 34.7 Å². The SMILES string of the molecule is COc1ccc(/C(O)=C2/C(=O)C(=O)N(c3ccc(C#N)cc3)C2c2ccc(F)cc2)cc1Cl. The van der Waals surface area contributed by atoms with E-state index in [0.29, 0.717) is 22.6 Å². The summed E-state index contributed by atoms with van der Waals surface area (Å²) < 4.78 is 18.7. The number of benzene rings is 3. The number of carbonyl (C=O) groups is 2. The molecule has 1 aliphatic heterocycles. The number of carbonyl (C=O) groups excluding carboxylic acids is 2. The van der Waals surface area contributed by atoms with Crippen LogP contribution in [0.5, 0.6) is 5.75 Å². The summed E-state index contributed by atoms with van der Waals surface area (Å²) >= 11 is 6.18. The summed E-state index contributed by atoms with van der Waals surface area (Å²) in [7, 11) is 1.44. The lowest BCUT2D eigenvalue weighted by Gasteiger charge is -2.25. The smallest absolute Gasteiger partial charge is 0.300 e. The predicted octanol–water partition coefficient (Wildman–Crippen LogP) is 4.99. The minimum Gasteiger partial charge on any atom is -0.507 e. The van der Waals surface area contributed by atoms with Crippen LogP contribution in [-0.4, -0.2) is 23.9 Å². The van der Waals surface area contributed by atoms with Gasteiger partial charge in [-0.05, 0) is 60.2 Å². The molecule has 1 heterocycles. The maximum atomic E-state index is 13.6. The number of ether oxygens (including phenoxy) is 1. The molecular weight excluding hydrogens is 447 g/mol. The first-order valence-corrected chi connectivity index (χ1v) is 10.1. The van der Waals surface area contributed by atoms with Gasteiger partial charge in [0, 0.05) is 11.3 Å². The predicted molar refractivity (Wildman–Crippen MR) is 120 cm³/mol. The van der Waals surface area contributed by atoms with Crippen LogP contribution in [0.3, 0.4) is 0 Å². The Morgan fingerprint density at radius 3 is 2.33 bits per heavy atom. The molecule has 0 bridgehead atoms. The van der Waals surface area contributed by atoms with Crippen molar-refractivity contribution < 1.29 is 23.8 Å². The lowest BCUT2D eigenvalue weighted by molar-refractivity contribution is -0.132. The molecule has 1 N–H and O–H groups in total. The van der Waals surface area contributed by atoms with Gasteiger partial charge in [0.25, 0.3) is 11.7 Å². The number of ketones is 1. The summed E-state index contributed by atoms with van der Waals surface area (Å²) in [6.45, 7) is 0. The van der Waals surface area contributed by atoms with Crippen LogP contribution in [0.1, 0.15) is 22.7 Å². The second-order valence-corrected chi connectivity index (χ2v) is 7.64. The Balaban J connectivity index is 1.92. The monoisotopic (exact) mass is 462 g/mol. The Bertz CT molecular complexity index is 1330. The lowest BCUT2D eigenvalue weighted by Crippen LogP contribution is -2.29. The normalized spacial score (nSPS) is 17.2. The molecule has 1 atom stereocenters. The second-order valence-electron chi connectivity index (χ2n) is 7.23. The van der Waals surface area contributed by atoms with Gasteiger partial charge in [0.05, 0.1) is 35.4 Å². The van der Waals surface area contributed by atoms with Crippen LogP contribution in [0.15, 0.2) is 72.3 Å². The van der Waals surface area contributed by atoms with Crippen molar-refractivity contribution in [3.05, 3.63) is 99.8 Å². The Morgan fingerprint density at radius 2 is 1.76 bits per heavy atom. The number of halogens is 2. The van der Waals surface area contributed by atoms with Crippen molar-refractivity contribution in [2.24, 2.45) is 0 Å². The standard InChI is InChI=1S/C25H16ClFN2O4/c1-33-20-11-6-16(12-19(20)26)23(30)21-22(15-4-7-17(27)8-5-15)29(25(32)24(21)31)18-9-2-14(13-28)3-10-18/h2-12,22,30H,1H3/b23-21-. The Kier molecular flexibility index (Phi) is 5.86. The number of aliphatic hydroxyl groups excluding tert-OH is 1. The number of Topliss-reactive ketones (excluding diaryl/α,β-unsaturated/α-hetero) is 1. The summed E-state index contributed by atoms with van der Waals surface area (Å²) in [5, 5.41) is 20.4. The van der Waals surface area contributed by atoms with Gasteiger partial charge in [0.1, 0.15) is 17.3 Å². The fourth-order valence-corrected chi connectivity index (χ4v) is 3.98. The molecule has 1 saturated heterocycles. The second kappa shape index (κ2) is 8.77. The van der Waals surface area contributed by atoms with E-state index >= 15 is 0 Å². The van der Waals surface area contributed by atoms with Crippen LogP contribution in [-0.2, 0) is 9.59 Å². The van der Waals surface area contributed by atoms with Crippen molar-refractivity contribution in [1.29, 1.82) is 5.26 Å².